The van der Waals surface area contributed by atoms with Gasteiger partial charge in [0.05, 0.1) is 10.6 Å². The summed E-state index contributed by atoms with van der Waals surface area (Å²) in [5.74, 6) is -0.791. The van der Waals surface area contributed by atoms with Crippen molar-refractivity contribution in [3.8, 4) is 0 Å². The van der Waals surface area contributed by atoms with Crippen molar-refractivity contribution in [3.63, 3.8) is 0 Å². The largest absolute Gasteiger partial charge is 0.368 e. The molecule has 0 unspecified atom stereocenters. The molecule has 4 rings (SSSR count). The monoisotopic (exact) mass is 495 g/mol. The topological polar surface area (TPSA) is 60.9 Å². The molecule has 1 saturated heterocycles. The molecule has 1 heterocycles. The summed E-state index contributed by atoms with van der Waals surface area (Å²) in [6, 6.07) is 17.8. The van der Waals surface area contributed by atoms with E-state index in [2.05, 4.69) is 30.9 Å². The number of piperazine rings is 1. The number of anilines is 2. The maximum atomic E-state index is 13.5. The first-order chi connectivity index (χ1) is 16.7. The SMILES string of the molecule is Cc1ccc(N(CC(=O)N2CCN(c3cccc(C)c3C)CC2)S(=O)(=O)c2ccc(F)cc2)cc1. The Hall–Kier alpha value is -3.39. The van der Waals surface area contributed by atoms with Gasteiger partial charge in [0.15, 0.2) is 0 Å². The summed E-state index contributed by atoms with van der Waals surface area (Å²) < 4.78 is 41.5. The number of nitrogens with zero attached hydrogens (tertiary/aromatic N) is 3. The minimum Gasteiger partial charge on any atom is -0.368 e. The molecule has 3 aromatic rings. The van der Waals surface area contributed by atoms with Gasteiger partial charge in [0, 0.05) is 31.9 Å². The van der Waals surface area contributed by atoms with Crippen molar-refractivity contribution in [2.45, 2.75) is 25.7 Å². The molecule has 0 atom stereocenters. The lowest BCUT2D eigenvalue weighted by atomic mass is 10.1. The lowest BCUT2D eigenvalue weighted by molar-refractivity contribution is -0.129. The number of halogens is 1. The van der Waals surface area contributed by atoms with E-state index in [1.54, 1.807) is 29.2 Å². The zero-order valence-electron chi connectivity index (χ0n) is 20.2. The molecule has 1 aliphatic rings. The van der Waals surface area contributed by atoms with Crippen LogP contribution in [0.3, 0.4) is 0 Å². The summed E-state index contributed by atoms with van der Waals surface area (Å²) in [6.45, 7) is 8.11. The van der Waals surface area contributed by atoms with Gasteiger partial charge in [0.25, 0.3) is 10.0 Å². The van der Waals surface area contributed by atoms with Crippen molar-refractivity contribution in [2.24, 2.45) is 0 Å². The molecule has 6 nitrogen and oxygen atoms in total. The van der Waals surface area contributed by atoms with Gasteiger partial charge >= 0.3 is 0 Å². The van der Waals surface area contributed by atoms with Gasteiger partial charge in [-0.05, 0) is 74.4 Å². The number of sulfonamides is 1. The van der Waals surface area contributed by atoms with E-state index in [1.807, 2.05) is 13.0 Å². The van der Waals surface area contributed by atoms with Crippen molar-refractivity contribution < 1.29 is 17.6 Å². The normalized spacial score (nSPS) is 14.2. The number of aryl methyl sites for hydroxylation is 2. The predicted molar refractivity (Wildman–Crippen MR) is 137 cm³/mol. The molecule has 1 fully saturated rings. The van der Waals surface area contributed by atoms with E-state index in [-0.39, 0.29) is 17.3 Å². The van der Waals surface area contributed by atoms with Crippen LogP contribution in [0, 0.1) is 26.6 Å². The fourth-order valence-corrected chi connectivity index (χ4v) is 5.67. The second-order valence-electron chi connectivity index (χ2n) is 8.89. The standard InChI is InChI=1S/C27H30FN3O3S/c1-20-7-11-24(12-8-20)31(35(33,34)25-13-9-23(28)10-14-25)19-27(32)30-17-15-29(16-18-30)26-6-4-5-21(2)22(26)3/h4-14H,15-19H2,1-3H3. The first-order valence-electron chi connectivity index (χ1n) is 11.6. The number of hydrogen-bond donors (Lipinski definition) is 0. The number of carbonyl (C=O) groups is 1. The molecular weight excluding hydrogens is 465 g/mol. The number of benzene rings is 3. The maximum absolute atomic E-state index is 13.5. The summed E-state index contributed by atoms with van der Waals surface area (Å²) in [4.78, 5) is 17.2. The average molecular weight is 496 g/mol. The highest BCUT2D eigenvalue weighted by Gasteiger charge is 2.30. The molecule has 0 spiro atoms. The Morgan fingerprint density at radius 2 is 1.51 bits per heavy atom. The van der Waals surface area contributed by atoms with Crippen LogP contribution in [0.5, 0.6) is 0 Å². The van der Waals surface area contributed by atoms with Crippen molar-refractivity contribution in [2.75, 3.05) is 41.9 Å². The van der Waals surface area contributed by atoms with Crippen LogP contribution in [0.1, 0.15) is 16.7 Å². The lowest BCUT2D eigenvalue weighted by Crippen LogP contribution is -2.52. The minimum atomic E-state index is -4.07. The summed E-state index contributed by atoms with van der Waals surface area (Å²) in [5, 5.41) is 0. The molecule has 3 aromatic carbocycles. The van der Waals surface area contributed by atoms with Gasteiger partial charge in [0.1, 0.15) is 12.4 Å². The fraction of sp³-hybridized carbons (Fsp3) is 0.296. The minimum absolute atomic E-state index is 0.0629. The molecule has 1 aliphatic heterocycles. The second kappa shape index (κ2) is 10.1. The number of hydrogen-bond acceptors (Lipinski definition) is 4. The molecule has 35 heavy (non-hydrogen) atoms. The van der Waals surface area contributed by atoms with E-state index in [0.29, 0.717) is 31.9 Å². The van der Waals surface area contributed by atoms with Crippen molar-refractivity contribution in [1.29, 1.82) is 0 Å². The molecule has 1 amide bonds. The van der Waals surface area contributed by atoms with Gasteiger partial charge in [-0.1, -0.05) is 29.8 Å². The Morgan fingerprint density at radius 1 is 0.886 bits per heavy atom. The Balaban J connectivity index is 1.53. The number of rotatable bonds is 6. The van der Waals surface area contributed by atoms with Gasteiger partial charge in [-0.25, -0.2) is 12.8 Å². The molecule has 0 radical (unpaired) electrons. The van der Waals surface area contributed by atoms with Crippen molar-refractivity contribution in [3.05, 3.63) is 89.2 Å². The van der Waals surface area contributed by atoms with Crippen LogP contribution >= 0.6 is 0 Å². The summed E-state index contributed by atoms with van der Waals surface area (Å²) >= 11 is 0. The molecular formula is C27H30FN3O3S. The third kappa shape index (κ3) is 5.32. The van der Waals surface area contributed by atoms with Crippen LogP contribution in [0.25, 0.3) is 0 Å². The van der Waals surface area contributed by atoms with Gasteiger partial charge < -0.3 is 9.80 Å². The Labute approximate surface area is 206 Å². The van der Waals surface area contributed by atoms with Crippen molar-refractivity contribution in [1.82, 2.24) is 4.90 Å². The first-order valence-corrected chi connectivity index (χ1v) is 13.0. The highest BCUT2D eigenvalue weighted by molar-refractivity contribution is 7.92. The Kier molecular flexibility index (Phi) is 7.12. The van der Waals surface area contributed by atoms with Gasteiger partial charge in [-0.3, -0.25) is 9.10 Å². The van der Waals surface area contributed by atoms with E-state index in [9.17, 15) is 17.6 Å². The number of amides is 1. The van der Waals surface area contributed by atoms with Crippen LogP contribution in [-0.4, -0.2) is 51.9 Å². The Morgan fingerprint density at radius 3 is 2.14 bits per heavy atom. The maximum Gasteiger partial charge on any atom is 0.264 e. The molecule has 184 valence electrons. The van der Waals surface area contributed by atoms with Crippen LogP contribution in [0.15, 0.2) is 71.6 Å². The van der Waals surface area contributed by atoms with E-state index in [0.717, 1.165) is 27.7 Å². The van der Waals surface area contributed by atoms with Crippen LogP contribution in [-0.2, 0) is 14.8 Å². The predicted octanol–water partition coefficient (Wildman–Crippen LogP) is 4.30. The van der Waals surface area contributed by atoms with Crippen molar-refractivity contribution >= 4 is 27.3 Å². The fourth-order valence-electron chi connectivity index (χ4n) is 4.26. The highest BCUT2D eigenvalue weighted by atomic mass is 32.2. The Bertz CT molecular complexity index is 1300. The molecule has 8 heteroatoms. The van der Waals surface area contributed by atoms with Crippen LogP contribution in [0.2, 0.25) is 0 Å². The zero-order valence-corrected chi connectivity index (χ0v) is 21.1. The smallest absolute Gasteiger partial charge is 0.264 e. The number of carbonyl (C=O) groups excluding carboxylic acids is 1. The summed E-state index contributed by atoms with van der Waals surface area (Å²) in [6.07, 6.45) is 0. The highest BCUT2D eigenvalue weighted by Crippen LogP contribution is 2.26. The molecule has 0 N–H and O–H groups in total. The average Bonchev–Trinajstić information content (AvgIpc) is 2.85. The third-order valence-corrected chi connectivity index (χ3v) is 8.34. The van der Waals surface area contributed by atoms with Crippen LogP contribution < -0.4 is 9.21 Å². The molecule has 0 aliphatic carbocycles. The van der Waals surface area contributed by atoms with Crippen LogP contribution in [0.4, 0.5) is 15.8 Å². The van der Waals surface area contributed by atoms with Gasteiger partial charge in [-0.2, -0.15) is 0 Å². The second-order valence-corrected chi connectivity index (χ2v) is 10.8. The van der Waals surface area contributed by atoms with Gasteiger partial charge in [-0.15, -0.1) is 0 Å². The first kappa shape index (κ1) is 24.7. The third-order valence-electron chi connectivity index (χ3n) is 6.55. The summed E-state index contributed by atoms with van der Waals surface area (Å²) in [7, 11) is -4.07. The lowest BCUT2D eigenvalue weighted by Gasteiger charge is -2.38. The quantitative estimate of drug-likeness (QED) is 0.512. The molecule has 0 bridgehead atoms. The van der Waals surface area contributed by atoms with E-state index in [4.69, 9.17) is 0 Å². The van der Waals surface area contributed by atoms with E-state index in [1.165, 1.54) is 23.3 Å². The van der Waals surface area contributed by atoms with Gasteiger partial charge in [0.2, 0.25) is 5.91 Å². The van der Waals surface area contributed by atoms with E-state index >= 15 is 0 Å². The molecule has 0 aromatic heterocycles. The molecule has 0 saturated carbocycles. The summed E-state index contributed by atoms with van der Waals surface area (Å²) in [5.41, 5.74) is 4.98. The van der Waals surface area contributed by atoms with E-state index < -0.39 is 15.8 Å². The zero-order chi connectivity index (χ0) is 25.2.